The normalized spacial score (nSPS) is 17.5. The maximum absolute atomic E-state index is 12.7. The van der Waals surface area contributed by atoms with Crippen LogP contribution in [0.15, 0.2) is 23.1 Å². The number of aryl methyl sites for hydroxylation is 1. The summed E-state index contributed by atoms with van der Waals surface area (Å²) >= 11 is 6.08. The van der Waals surface area contributed by atoms with Gasteiger partial charge >= 0.3 is 5.97 Å². The number of hydrogen-bond donors (Lipinski definition) is 1. The van der Waals surface area contributed by atoms with Crippen molar-refractivity contribution in [2.24, 2.45) is 5.92 Å². The highest BCUT2D eigenvalue weighted by Gasteiger charge is 2.33. The van der Waals surface area contributed by atoms with E-state index in [0.717, 1.165) is 18.4 Å². The van der Waals surface area contributed by atoms with Gasteiger partial charge in [-0.25, -0.2) is 8.42 Å². The van der Waals surface area contributed by atoms with Gasteiger partial charge in [0.15, 0.2) is 0 Å². The number of sulfonamides is 1. The second-order valence-electron chi connectivity index (χ2n) is 5.53. The zero-order valence-electron chi connectivity index (χ0n) is 12.5. The van der Waals surface area contributed by atoms with Crippen LogP contribution in [-0.4, -0.2) is 36.9 Å². The first kappa shape index (κ1) is 17.2. The average Bonchev–Trinajstić information content (AvgIpc) is 2.49. The molecule has 0 spiro atoms. The largest absolute Gasteiger partial charge is 0.481 e. The Hall–Kier alpha value is -1.11. The summed E-state index contributed by atoms with van der Waals surface area (Å²) in [6, 6.07) is 5.08. The number of hydrogen-bond acceptors (Lipinski definition) is 3. The lowest BCUT2D eigenvalue weighted by Gasteiger charge is -2.29. The fraction of sp³-hybridized carbons (Fsp3) is 0.533. The molecule has 1 aromatic rings. The fourth-order valence-electron chi connectivity index (χ4n) is 2.67. The van der Waals surface area contributed by atoms with Crippen molar-refractivity contribution >= 4 is 27.6 Å². The van der Waals surface area contributed by atoms with Gasteiger partial charge in [0, 0.05) is 13.1 Å². The first-order valence-electron chi connectivity index (χ1n) is 7.37. The Morgan fingerprint density at radius 3 is 2.55 bits per heavy atom. The van der Waals surface area contributed by atoms with Crippen molar-refractivity contribution in [1.29, 1.82) is 0 Å². The predicted octanol–water partition coefficient (Wildman–Crippen LogP) is 2.78. The molecule has 0 radical (unpaired) electrons. The molecule has 2 rings (SSSR count). The molecule has 0 unspecified atom stereocenters. The molecular weight excluding hydrogens is 326 g/mol. The molecule has 0 aromatic heterocycles. The molecule has 1 aromatic carbocycles. The lowest BCUT2D eigenvalue weighted by atomic mass is 9.99. The third kappa shape index (κ3) is 3.62. The Morgan fingerprint density at radius 2 is 2.00 bits per heavy atom. The molecule has 0 amide bonds. The summed E-state index contributed by atoms with van der Waals surface area (Å²) in [5.74, 6) is -1.33. The molecule has 7 heteroatoms. The van der Waals surface area contributed by atoms with E-state index in [9.17, 15) is 13.2 Å². The topological polar surface area (TPSA) is 74.7 Å². The van der Waals surface area contributed by atoms with Crippen LogP contribution in [0.3, 0.4) is 0 Å². The average molecular weight is 346 g/mol. The molecule has 122 valence electrons. The third-order valence-electron chi connectivity index (χ3n) is 3.96. The van der Waals surface area contributed by atoms with Crippen LogP contribution >= 0.6 is 11.6 Å². The van der Waals surface area contributed by atoms with Gasteiger partial charge in [0.1, 0.15) is 4.90 Å². The summed E-state index contributed by atoms with van der Waals surface area (Å²) in [5.41, 5.74) is 0.936. The highest BCUT2D eigenvalue weighted by molar-refractivity contribution is 7.89. The van der Waals surface area contributed by atoms with Gasteiger partial charge in [0.2, 0.25) is 10.0 Å². The third-order valence-corrected chi connectivity index (χ3v) is 6.34. The monoisotopic (exact) mass is 345 g/mol. The first-order valence-corrected chi connectivity index (χ1v) is 9.19. The number of benzene rings is 1. The minimum absolute atomic E-state index is 0.119. The number of nitrogens with zero attached hydrogens (tertiary/aromatic N) is 1. The van der Waals surface area contributed by atoms with Gasteiger partial charge in [0.25, 0.3) is 0 Å². The van der Waals surface area contributed by atoms with E-state index >= 15 is 0 Å². The quantitative estimate of drug-likeness (QED) is 0.890. The minimum atomic E-state index is -3.67. The van der Waals surface area contributed by atoms with Crippen LogP contribution in [0.5, 0.6) is 0 Å². The van der Waals surface area contributed by atoms with Crippen molar-refractivity contribution in [3.05, 3.63) is 28.8 Å². The standard InChI is InChI=1S/C15H20ClNO4S/c1-2-3-11-4-5-13(16)14(10-11)22(20,21)17-8-6-12(7-9-17)15(18)19/h4-5,10,12H,2-3,6-9H2,1H3,(H,18,19). The van der Waals surface area contributed by atoms with Gasteiger partial charge in [-0.2, -0.15) is 4.31 Å². The number of carboxylic acid groups (broad SMARTS) is 1. The van der Waals surface area contributed by atoms with E-state index in [1.54, 1.807) is 12.1 Å². The van der Waals surface area contributed by atoms with Crippen LogP contribution in [0.2, 0.25) is 5.02 Å². The number of aliphatic carboxylic acids is 1. The van der Waals surface area contributed by atoms with Crippen LogP contribution in [0.4, 0.5) is 0 Å². The lowest BCUT2D eigenvalue weighted by molar-refractivity contribution is -0.142. The maximum atomic E-state index is 12.7. The van der Waals surface area contributed by atoms with Crippen LogP contribution in [0.1, 0.15) is 31.7 Å². The number of rotatable bonds is 5. The Morgan fingerprint density at radius 1 is 1.36 bits per heavy atom. The van der Waals surface area contributed by atoms with Gasteiger partial charge in [-0.05, 0) is 37.0 Å². The molecule has 1 aliphatic rings. The first-order chi connectivity index (χ1) is 10.4. The van der Waals surface area contributed by atoms with Crippen LogP contribution < -0.4 is 0 Å². The van der Waals surface area contributed by atoms with Crippen LogP contribution in [-0.2, 0) is 21.2 Å². The molecule has 5 nitrogen and oxygen atoms in total. The Balaban J connectivity index is 2.24. The predicted molar refractivity (Wildman–Crippen MR) is 84.6 cm³/mol. The second-order valence-corrected chi connectivity index (χ2v) is 7.84. The molecule has 1 fully saturated rings. The Bertz CT molecular complexity index is 652. The van der Waals surface area contributed by atoms with Crippen LogP contribution in [0.25, 0.3) is 0 Å². The Labute approximate surface area is 135 Å². The smallest absolute Gasteiger partial charge is 0.306 e. The fourth-order valence-corrected chi connectivity index (χ4v) is 4.67. The van der Waals surface area contributed by atoms with Gasteiger partial charge in [-0.15, -0.1) is 0 Å². The second kappa shape index (κ2) is 6.98. The molecule has 1 saturated heterocycles. The summed E-state index contributed by atoms with van der Waals surface area (Å²) in [4.78, 5) is 11.1. The Kier molecular flexibility index (Phi) is 5.47. The summed E-state index contributed by atoms with van der Waals surface area (Å²) in [7, 11) is -3.67. The van der Waals surface area contributed by atoms with Crippen molar-refractivity contribution in [2.45, 2.75) is 37.5 Å². The van der Waals surface area contributed by atoms with E-state index in [0.29, 0.717) is 12.8 Å². The summed E-state index contributed by atoms with van der Waals surface area (Å²) < 4.78 is 26.8. The zero-order chi connectivity index (χ0) is 16.3. The lowest BCUT2D eigenvalue weighted by Crippen LogP contribution is -2.40. The molecular formula is C15H20ClNO4S. The van der Waals surface area contributed by atoms with Gasteiger partial charge in [0.05, 0.1) is 10.9 Å². The number of halogens is 1. The van der Waals surface area contributed by atoms with Crippen molar-refractivity contribution in [3.8, 4) is 0 Å². The highest BCUT2D eigenvalue weighted by Crippen LogP contribution is 2.29. The van der Waals surface area contributed by atoms with E-state index in [1.807, 2.05) is 13.0 Å². The molecule has 0 atom stereocenters. The van der Waals surface area contributed by atoms with Crippen molar-refractivity contribution < 1.29 is 18.3 Å². The molecule has 0 aliphatic carbocycles. The van der Waals surface area contributed by atoms with Gasteiger partial charge < -0.3 is 5.11 Å². The van der Waals surface area contributed by atoms with E-state index < -0.39 is 21.9 Å². The molecule has 1 aliphatic heterocycles. The summed E-state index contributed by atoms with van der Waals surface area (Å²) in [6.45, 7) is 2.46. The van der Waals surface area contributed by atoms with E-state index in [4.69, 9.17) is 16.7 Å². The van der Waals surface area contributed by atoms with Crippen molar-refractivity contribution in [3.63, 3.8) is 0 Å². The molecule has 0 bridgehead atoms. The molecule has 1 heterocycles. The minimum Gasteiger partial charge on any atom is -0.481 e. The van der Waals surface area contributed by atoms with Gasteiger partial charge in [-0.3, -0.25) is 4.79 Å². The SMILES string of the molecule is CCCc1ccc(Cl)c(S(=O)(=O)N2CCC(C(=O)O)CC2)c1. The summed E-state index contributed by atoms with van der Waals surface area (Å²) in [6.07, 6.45) is 2.38. The zero-order valence-corrected chi connectivity index (χ0v) is 14.0. The van der Waals surface area contributed by atoms with E-state index in [2.05, 4.69) is 0 Å². The summed E-state index contributed by atoms with van der Waals surface area (Å²) in [5, 5.41) is 9.20. The molecule has 0 saturated carbocycles. The number of carbonyl (C=O) groups is 1. The van der Waals surface area contributed by atoms with Crippen molar-refractivity contribution in [1.82, 2.24) is 4.31 Å². The van der Waals surface area contributed by atoms with Crippen LogP contribution in [0, 0.1) is 5.92 Å². The van der Waals surface area contributed by atoms with E-state index in [1.165, 1.54) is 4.31 Å². The molecule has 22 heavy (non-hydrogen) atoms. The number of piperidine rings is 1. The van der Waals surface area contributed by atoms with Crippen molar-refractivity contribution in [2.75, 3.05) is 13.1 Å². The number of carboxylic acids is 1. The maximum Gasteiger partial charge on any atom is 0.306 e. The highest BCUT2D eigenvalue weighted by atomic mass is 35.5. The van der Waals surface area contributed by atoms with E-state index in [-0.39, 0.29) is 23.0 Å². The van der Waals surface area contributed by atoms with Gasteiger partial charge in [-0.1, -0.05) is 31.0 Å². The molecule has 1 N–H and O–H groups in total.